The zero-order valence-electron chi connectivity index (χ0n) is 10.2. The molecule has 0 aliphatic carbocycles. The number of anilines is 2. The third-order valence-corrected chi connectivity index (χ3v) is 3.12. The highest BCUT2D eigenvalue weighted by molar-refractivity contribution is 6.35. The van der Waals surface area contributed by atoms with Crippen LogP contribution in [0.15, 0.2) is 36.4 Å². The van der Waals surface area contributed by atoms with Gasteiger partial charge in [-0.1, -0.05) is 29.3 Å². The van der Waals surface area contributed by atoms with Crippen LogP contribution in [0, 0.1) is 6.92 Å². The van der Waals surface area contributed by atoms with Crippen LogP contribution in [-0.2, 0) is 0 Å². The molecule has 5 heteroatoms. The number of rotatable bonds is 2. The highest BCUT2D eigenvalue weighted by Crippen LogP contribution is 2.28. The zero-order valence-corrected chi connectivity index (χ0v) is 11.7. The number of nitrogen functional groups attached to an aromatic ring is 1. The minimum atomic E-state index is -0.301. The zero-order chi connectivity index (χ0) is 14.0. The monoisotopic (exact) mass is 294 g/mol. The molecule has 0 aliphatic heterocycles. The van der Waals surface area contributed by atoms with Gasteiger partial charge in [0.2, 0.25) is 0 Å². The number of halogens is 2. The number of nitrogens with one attached hydrogen (secondary N) is 1. The van der Waals surface area contributed by atoms with Crippen molar-refractivity contribution in [3.8, 4) is 0 Å². The Balaban J connectivity index is 2.31. The quantitative estimate of drug-likeness (QED) is 0.818. The summed E-state index contributed by atoms with van der Waals surface area (Å²) < 4.78 is 0. The Labute approximate surface area is 121 Å². The van der Waals surface area contributed by atoms with Crippen LogP contribution >= 0.6 is 23.2 Å². The topological polar surface area (TPSA) is 55.1 Å². The average molecular weight is 295 g/mol. The van der Waals surface area contributed by atoms with Crippen molar-refractivity contribution in [2.75, 3.05) is 11.1 Å². The van der Waals surface area contributed by atoms with E-state index in [0.29, 0.717) is 27.0 Å². The van der Waals surface area contributed by atoms with E-state index in [1.807, 2.05) is 6.92 Å². The standard InChI is InChI=1S/C14H12Cl2N2O/c1-8-5-9(7-10(15)6-8)14(19)18-13-11(16)3-2-4-12(13)17/h2-7H,17H2,1H3,(H,18,19). The molecule has 0 bridgehead atoms. The van der Waals surface area contributed by atoms with Crippen LogP contribution in [0.2, 0.25) is 10.0 Å². The van der Waals surface area contributed by atoms with E-state index >= 15 is 0 Å². The van der Waals surface area contributed by atoms with Gasteiger partial charge in [-0.25, -0.2) is 0 Å². The smallest absolute Gasteiger partial charge is 0.255 e. The molecule has 0 saturated heterocycles. The molecule has 19 heavy (non-hydrogen) atoms. The fourth-order valence-corrected chi connectivity index (χ4v) is 2.24. The summed E-state index contributed by atoms with van der Waals surface area (Å²) in [5.41, 5.74) is 7.98. The number of carbonyl (C=O) groups is 1. The number of para-hydroxylation sites is 1. The molecular formula is C14H12Cl2N2O. The summed E-state index contributed by atoms with van der Waals surface area (Å²) in [5.74, 6) is -0.301. The number of benzene rings is 2. The Bertz CT molecular complexity index is 601. The predicted molar refractivity (Wildman–Crippen MR) is 80.0 cm³/mol. The molecule has 1 amide bonds. The molecule has 0 saturated carbocycles. The molecule has 0 fully saturated rings. The molecule has 0 aromatic heterocycles. The van der Waals surface area contributed by atoms with Crippen molar-refractivity contribution in [3.63, 3.8) is 0 Å². The largest absolute Gasteiger partial charge is 0.397 e. The lowest BCUT2D eigenvalue weighted by Crippen LogP contribution is -2.13. The first-order valence-electron chi connectivity index (χ1n) is 5.60. The van der Waals surface area contributed by atoms with E-state index in [4.69, 9.17) is 28.9 Å². The first kappa shape index (κ1) is 13.7. The van der Waals surface area contributed by atoms with Crippen LogP contribution in [0.5, 0.6) is 0 Å². The second kappa shape index (κ2) is 5.51. The van der Waals surface area contributed by atoms with E-state index < -0.39 is 0 Å². The first-order chi connectivity index (χ1) is 8.97. The molecular weight excluding hydrogens is 283 g/mol. The van der Waals surface area contributed by atoms with Gasteiger partial charge in [0.05, 0.1) is 16.4 Å². The van der Waals surface area contributed by atoms with Gasteiger partial charge in [0.25, 0.3) is 5.91 Å². The van der Waals surface area contributed by atoms with Crippen LogP contribution in [0.1, 0.15) is 15.9 Å². The second-order valence-corrected chi connectivity index (χ2v) is 5.02. The van der Waals surface area contributed by atoms with E-state index in [2.05, 4.69) is 5.32 Å². The van der Waals surface area contributed by atoms with E-state index in [0.717, 1.165) is 5.56 Å². The van der Waals surface area contributed by atoms with Crippen molar-refractivity contribution in [1.29, 1.82) is 0 Å². The SMILES string of the molecule is Cc1cc(Cl)cc(C(=O)Nc2c(N)cccc2Cl)c1. The van der Waals surface area contributed by atoms with Crippen molar-refractivity contribution < 1.29 is 4.79 Å². The second-order valence-electron chi connectivity index (χ2n) is 4.18. The van der Waals surface area contributed by atoms with Gasteiger partial charge in [-0.3, -0.25) is 4.79 Å². The molecule has 0 atom stereocenters. The third kappa shape index (κ3) is 3.19. The minimum absolute atomic E-state index is 0.301. The summed E-state index contributed by atoms with van der Waals surface area (Å²) in [6, 6.07) is 10.2. The van der Waals surface area contributed by atoms with E-state index in [-0.39, 0.29) is 5.91 Å². The summed E-state index contributed by atoms with van der Waals surface area (Å²) in [6.07, 6.45) is 0. The summed E-state index contributed by atoms with van der Waals surface area (Å²) in [7, 11) is 0. The molecule has 2 aromatic rings. The molecule has 3 N–H and O–H groups in total. The number of nitrogens with two attached hydrogens (primary N) is 1. The molecule has 0 unspecified atom stereocenters. The summed E-state index contributed by atoms with van der Waals surface area (Å²) in [5, 5.41) is 3.60. The number of aryl methyl sites for hydroxylation is 1. The van der Waals surface area contributed by atoms with Crippen molar-refractivity contribution in [2.45, 2.75) is 6.92 Å². The molecule has 3 nitrogen and oxygen atoms in total. The van der Waals surface area contributed by atoms with Crippen LogP contribution < -0.4 is 11.1 Å². The van der Waals surface area contributed by atoms with Crippen LogP contribution in [0.25, 0.3) is 0 Å². The summed E-state index contributed by atoms with van der Waals surface area (Å²) in [6.45, 7) is 1.87. The number of hydrogen-bond acceptors (Lipinski definition) is 2. The molecule has 0 spiro atoms. The van der Waals surface area contributed by atoms with Gasteiger partial charge in [0, 0.05) is 10.6 Å². The molecule has 2 aromatic carbocycles. The predicted octanol–water partition coefficient (Wildman–Crippen LogP) is 4.14. The Morgan fingerprint density at radius 2 is 1.95 bits per heavy atom. The lowest BCUT2D eigenvalue weighted by Gasteiger charge is -2.10. The third-order valence-electron chi connectivity index (χ3n) is 2.59. The normalized spacial score (nSPS) is 10.3. The Kier molecular flexibility index (Phi) is 3.98. The van der Waals surface area contributed by atoms with Crippen LogP contribution in [-0.4, -0.2) is 5.91 Å². The molecule has 0 heterocycles. The van der Waals surface area contributed by atoms with Crippen molar-refractivity contribution in [2.24, 2.45) is 0 Å². The van der Waals surface area contributed by atoms with Gasteiger partial charge >= 0.3 is 0 Å². The highest BCUT2D eigenvalue weighted by atomic mass is 35.5. The van der Waals surface area contributed by atoms with Crippen LogP contribution in [0.4, 0.5) is 11.4 Å². The summed E-state index contributed by atoms with van der Waals surface area (Å²) in [4.78, 5) is 12.1. The fourth-order valence-electron chi connectivity index (χ4n) is 1.73. The van der Waals surface area contributed by atoms with E-state index in [1.165, 1.54) is 0 Å². The number of amides is 1. The van der Waals surface area contributed by atoms with E-state index in [9.17, 15) is 4.79 Å². The first-order valence-corrected chi connectivity index (χ1v) is 6.35. The lowest BCUT2D eigenvalue weighted by molar-refractivity contribution is 0.102. The number of hydrogen-bond donors (Lipinski definition) is 2. The van der Waals surface area contributed by atoms with Gasteiger partial charge < -0.3 is 11.1 Å². The maximum absolute atomic E-state index is 12.1. The lowest BCUT2D eigenvalue weighted by atomic mass is 10.1. The fraction of sp³-hybridized carbons (Fsp3) is 0.0714. The van der Waals surface area contributed by atoms with Crippen LogP contribution in [0.3, 0.4) is 0 Å². The Hall–Kier alpha value is -1.71. The maximum atomic E-state index is 12.1. The summed E-state index contributed by atoms with van der Waals surface area (Å²) >= 11 is 11.9. The number of carbonyl (C=O) groups excluding carboxylic acids is 1. The molecule has 2 rings (SSSR count). The highest BCUT2D eigenvalue weighted by Gasteiger charge is 2.11. The maximum Gasteiger partial charge on any atom is 0.255 e. The molecule has 98 valence electrons. The van der Waals surface area contributed by atoms with E-state index in [1.54, 1.807) is 36.4 Å². The Morgan fingerprint density at radius 3 is 2.58 bits per heavy atom. The van der Waals surface area contributed by atoms with Gasteiger partial charge in [-0.2, -0.15) is 0 Å². The molecule has 0 radical (unpaired) electrons. The van der Waals surface area contributed by atoms with Crippen molar-refractivity contribution in [1.82, 2.24) is 0 Å². The molecule has 0 aliphatic rings. The van der Waals surface area contributed by atoms with Gasteiger partial charge in [0.1, 0.15) is 0 Å². The van der Waals surface area contributed by atoms with Gasteiger partial charge in [0.15, 0.2) is 0 Å². The average Bonchev–Trinajstić information content (AvgIpc) is 2.32. The van der Waals surface area contributed by atoms with Crippen molar-refractivity contribution >= 4 is 40.5 Å². The minimum Gasteiger partial charge on any atom is -0.397 e. The Morgan fingerprint density at radius 1 is 1.21 bits per heavy atom. The van der Waals surface area contributed by atoms with Crippen molar-refractivity contribution in [3.05, 3.63) is 57.6 Å². The van der Waals surface area contributed by atoms with Gasteiger partial charge in [-0.15, -0.1) is 0 Å². The van der Waals surface area contributed by atoms with Gasteiger partial charge in [-0.05, 0) is 42.8 Å².